The van der Waals surface area contributed by atoms with Crippen LogP contribution in [0.4, 0.5) is 0 Å². The molecule has 3 saturated carbocycles. The molecule has 0 aromatic carbocycles. The lowest BCUT2D eigenvalue weighted by Gasteiger charge is -2.58. The van der Waals surface area contributed by atoms with Crippen LogP contribution in [0.1, 0.15) is 228 Å². The molecule has 0 spiro atoms. The van der Waals surface area contributed by atoms with Gasteiger partial charge in [-0.2, -0.15) is 0 Å². The quantitative estimate of drug-likeness (QED) is 0.0469. The second-order valence-corrected chi connectivity index (χ2v) is 22.6. The minimum atomic E-state index is 0.173. The zero-order valence-corrected chi connectivity index (χ0v) is 42.7. The molecule has 3 fully saturated rings. The molecule has 4 nitrogen and oxygen atoms in total. The lowest BCUT2D eigenvalue weighted by atomic mass is 9.47. The Kier molecular flexibility index (Phi) is 26.3. The van der Waals surface area contributed by atoms with Crippen molar-refractivity contribution in [1.29, 1.82) is 0 Å². The molecule has 0 N–H and O–H groups in total. The first-order valence-electron chi connectivity index (χ1n) is 27.5. The van der Waals surface area contributed by atoms with Crippen molar-refractivity contribution in [1.82, 2.24) is 4.90 Å². The summed E-state index contributed by atoms with van der Waals surface area (Å²) >= 11 is 0. The molecule has 0 heterocycles. The number of fused-ring (bicyclic) bond motifs is 5. The van der Waals surface area contributed by atoms with Crippen LogP contribution in [0.3, 0.4) is 0 Å². The molecule has 4 aliphatic rings. The van der Waals surface area contributed by atoms with Gasteiger partial charge in [0.1, 0.15) is 0 Å². The summed E-state index contributed by atoms with van der Waals surface area (Å²) in [5.41, 5.74) is 2.79. The number of allylic oxidation sites excluding steroid dienone is 5. The minimum Gasteiger partial charge on any atom is -0.379 e. The van der Waals surface area contributed by atoms with E-state index in [1.54, 1.807) is 5.57 Å². The summed E-state index contributed by atoms with van der Waals surface area (Å²) in [6.45, 7) is 19.4. The van der Waals surface area contributed by atoms with E-state index in [0.29, 0.717) is 16.9 Å². The molecular weight excluding hydrogens is 759 g/mol. The molecule has 0 amide bonds. The van der Waals surface area contributed by atoms with Gasteiger partial charge in [-0.05, 0) is 163 Å². The number of likely N-dealkylation sites (N-methyl/N-ethyl adjacent to an activating group) is 1. The average Bonchev–Trinajstić information content (AvgIpc) is 3.60. The van der Waals surface area contributed by atoms with Gasteiger partial charge < -0.3 is 19.1 Å². The third-order valence-electron chi connectivity index (χ3n) is 16.9. The predicted octanol–water partition coefficient (Wildman–Crippen LogP) is 16.5. The van der Waals surface area contributed by atoms with Gasteiger partial charge in [-0.1, -0.05) is 161 Å². The van der Waals surface area contributed by atoms with Gasteiger partial charge in [-0.25, -0.2) is 0 Å². The molecule has 0 radical (unpaired) electrons. The van der Waals surface area contributed by atoms with Crippen molar-refractivity contribution in [2.45, 2.75) is 240 Å². The Bertz CT molecular complexity index is 1240. The average molecular weight is 864 g/mol. The normalized spacial score (nSPS) is 28.5. The monoisotopic (exact) mass is 864 g/mol. The summed E-state index contributed by atoms with van der Waals surface area (Å²) in [6, 6.07) is 0. The lowest BCUT2D eigenvalue weighted by molar-refractivity contribution is -0.0641. The second kappa shape index (κ2) is 30.4. The maximum Gasteiger partial charge on any atom is 0.0934 e. The van der Waals surface area contributed by atoms with Crippen LogP contribution in [0, 0.1) is 46.3 Å². The van der Waals surface area contributed by atoms with Crippen molar-refractivity contribution >= 4 is 0 Å². The Morgan fingerprint density at radius 2 is 1.35 bits per heavy atom. The van der Waals surface area contributed by atoms with Crippen LogP contribution in [-0.2, 0) is 14.2 Å². The van der Waals surface area contributed by atoms with Gasteiger partial charge in [0, 0.05) is 26.4 Å². The molecule has 0 aromatic rings. The summed E-state index contributed by atoms with van der Waals surface area (Å²) in [5.74, 6) is 5.49. The van der Waals surface area contributed by atoms with E-state index in [9.17, 15) is 0 Å². The molecular formula is C58H105NO3. The summed E-state index contributed by atoms with van der Waals surface area (Å²) in [6.07, 6.45) is 51.1. The third kappa shape index (κ3) is 18.4. The number of hydrogen-bond donors (Lipinski definition) is 0. The summed E-state index contributed by atoms with van der Waals surface area (Å²) in [4.78, 5) is 2.23. The lowest BCUT2D eigenvalue weighted by Crippen LogP contribution is -2.51. The van der Waals surface area contributed by atoms with E-state index in [0.717, 1.165) is 81.3 Å². The summed E-state index contributed by atoms with van der Waals surface area (Å²) in [7, 11) is 4.28. The number of hydrogen-bond acceptors (Lipinski definition) is 4. The third-order valence-corrected chi connectivity index (χ3v) is 16.9. The fraction of sp³-hybridized carbons (Fsp3) is 0.897. The van der Waals surface area contributed by atoms with Gasteiger partial charge in [0.15, 0.2) is 0 Å². The van der Waals surface area contributed by atoms with Crippen LogP contribution in [-0.4, -0.2) is 64.2 Å². The molecule has 4 heteroatoms. The molecule has 6 unspecified atom stereocenters. The highest BCUT2D eigenvalue weighted by Gasteiger charge is 2.59. The number of nitrogens with zero attached hydrogens (tertiary/aromatic N) is 1. The second-order valence-electron chi connectivity index (χ2n) is 22.6. The molecule has 0 saturated heterocycles. The smallest absolute Gasteiger partial charge is 0.0934 e. The molecule has 9 atom stereocenters. The van der Waals surface area contributed by atoms with E-state index in [2.05, 4.69) is 90.9 Å². The van der Waals surface area contributed by atoms with Gasteiger partial charge in [-0.3, -0.25) is 0 Å². The van der Waals surface area contributed by atoms with E-state index < -0.39 is 0 Å². The molecule has 0 bridgehead atoms. The largest absolute Gasteiger partial charge is 0.379 e. The van der Waals surface area contributed by atoms with E-state index in [-0.39, 0.29) is 6.10 Å². The van der Waals surface area contributed by atoms with Crippen LogP contribution < -0.4 is 0 Å². The molecule has 4 rings (SSSR count). The highest BCUT2D eigenvalue weighted by atomic mass is 16.5. The van der Waals surface area contributed by atoms with Crippen molar-refractivity contribution in [3.63, 3.8) is 0 Å². The molecule has 360 valence electrons. The molecule has 0 aromatic heterocycles. The van der Waals surface area contributed by atoms with Crippen molar-refractivity contribution in [2.24, 2.45) is 46.3 Å². The molecule has 4 aliphatic carbocycles. The topological polar surface area (TPSA) is 30.9 Å². The van der Waals surface area contributed by atoms with E-state index in [1.165, 1.54) is 173 Å². The first-order valence-corrected chi connectivity index (χ1v) is 27.5. The zero-order valence-electron chi connectivity index (χ0n) is 42.7. The van der Waals surface area contributed by atoms with E-state index in [4.69, 9.17) is 14.2 Å². The van der Waals surface area contributed by atoms with E-state index in [1.807, 2.05) is 0 Å². The van der Waals surface area contributed by atoms with Gasteiger partial charge in [0.25, 0.3) is 0 Å². The van der Waals surface area contributed by atoms with Gasteiger partial charge in [0.2, 0.25) is 0 Å². The van der Waals surface area contributed by atoms with Gasteiger partial charge in [0.05, 0.1) is 18.8 Å². The standard InChI is InChI=1S/C58H105NO3/c1-9-10-11-12-13-14-15-16-17-18-19-20-21-22-25-28-42-60-47-52(46-59(7)8)62-44-30-27-24-23-26-29-43-61-51-38-40-57(5)50(45-51)34-35-53-55-37-36-54(49(4)33-31-32-48(2)3)58(55,6)41-39-56(53)57/h13-14,16-17,34,48-49,51-56H,9-12,15,18-33,35-47H2,1-8H3/t49?,51-,52?,53?,54?,55?,56?,57-,58+/m0/s1. The maximum atomic E-state index is 6.61. The number of unbranched alkanes of at least 4 members (excludes halogenated alkanes) is 14. The number of rotatable bonds is 35. The van der Waals surface area contributed by atoms with Crippen molar-refractivity contribution in [3.05, 3.63) is 36.0 Å². The summed E-state index contributed by atoms with van der Waals surface area (Å²) < 4.78 is 19.0. The minimum absolute atomic E-state index is 0.173. The predicted molar refractivity (Wildman–Crippen MR) is 269 cm³/mol. The van der Waals surface area contributed by atoms with Crippen LogP contribution in [0.5, 0.6) is 0 Å². The fourth-order valence-corrected chi connectivity index (χ4v) is 13.2. The van der Waals surface area contributed by atoms with Crippen molar-refractivity contribution in [2.75, 3.05) is 47.1 Å². The Morgan fingerprint density at radius 3 is 2.05 bits per heavy atom. The fourth-order valence-electron chi connectivity index (χ4n) is 13.2. The van der Waals surface area contributed by atoms with Crippen LogP contribution in [0.2, 0.25) is 0 Å². The number of ether oxygens (including phenoxy) is 3. The highest BCUT2D eigenvalue weighted by Crippen LogP contribution is 2.67. The van der Waals surface area contributed by atoms with Gasteiger partial charge >= 0.3 is 0 Å². The SMILES string of the molecule is CCCCCC=CCC=CCCCCCCCCOCC(CN(C)C)OCCCCCCCCO[C@H]1CC[C@@]2(C)C(=CCC3C4CCC(C(C)CCCC(C)C)[C@@]4(C)CCC32)C1. The molecule has 0 aliphatic heterocycles. The van der Waals surface area contributed by atoms with E-state index >= 15 is 0 Å². The van der Waals surface area contributed by atoms with Gasteiger partial charge in [-0.15, -0.1) is 0 Å². The maximum absolute atomic E-state index is 6.61. The van der Waals surface area contributed by atoms with Crippen LogP contribution >= 0.6 is 0 Å². The van der Waals surface area contributed by atoms with Crippen LogP contribution in [0.15, 0.2) is 36.0 Å². The Balaban J connectivity index is 0.980. The zero-order chi connectivity index (χ0) is 44.5. The molecule has 62 heavy (non-hydrogen) atoms. The Morgan fingerprint density at radius 1 is 0.694 bits per heavy atom. The Labute approximate surface area is 387 Å². The Hall–Kier alpha value is -0.940. The first-order chi connectivity index (χ1) is 30.1. The summed E-state index contributed by atoms with van der Waals surface area (Å²) in [5, 5.41) is 0. The van der Waals surface area contributed by atoms with Crippen molar-refractivity contribution < 1.29 is 14.2 Å². The van der Waals surface area contributed by atoms with Crippen molar-refractivity contribution in [3.8, 4) is 0 Å². The van der Waals surface area contributed by atoms with Crippen LogP contribution in [0.25, 0.3) is 0 Å². The first kappa shape index (κ1) is 53.7. The highest BCUT2D eigenvalue weighted by molar-refractivity contribution is 5.25.